The van der Waals surface area contributed by atoms with Crippen LogP contribution in [0.5, 0.6) is 5.88 Å². The van der Waals surface area contributed by atoms with Gasteiger partial charge >= 0.3 is 0 Å². The summed E-state index contributed by atoms with van der Waals surface area (Å²) in [6, 6.07) is 11.2. The number of azo groups is 1. The average Bonchev–Trinajstić information content (AvgIpc) is 2.68. The number of benzene rings is 1. The molecule has 3 rings (SSSR count). The predicted molar refractivity (Wildman–Crippen MR) is 105 cm³/mol. The number of aromatic nitrogens is 2. The molecule has 3 aromatic rings. The molecule has 0 amide bonds. The summed E-state index contributed by atoms with van der Waals surface area (Å²) in [7, 11) is 0. The molecule has 0 fully saturated rings. The molecule has 0 aliphatic carbocycles. The number of hydrogen-bond donors (Lipinski definition) is 1. The quantitative estimate of drug-likeness (QED) is 0.692. The monoisotopic (exact) mass is 373 g/mol. The summed E-state index contributed by atoms with van der Waals surface area (Å²) in [6.45, 7) is 5.53. The number of hydrogen-bond acceptors (Lipinski definition) is 6. The second-order valence-corrected chi connectivity index (χ2v) is 6.53. The van der Waals surface area contributed by atoms with Crippen molar-refractivity contribution >= 4 is 11.4 Å². The fourth-order valence-corrected chi connectivity index (χ4v) is 2.90. The maximum Gasteiger partial charge on any atom is 0.281 e. The number of rotatable bonds is 4. The molecular formula is C21H19N5O2. The molecule has 1 aromatic carbocycles. The summed E-state index contributed by atoms with van der Waals surface area (Å²) in [5.74, 6) is -0.390. The topological polar surface area (TPSA) is 104 Å². The Labute approximate surface area is 162 Å². The van der Waals surface area contributed by atoms with Crippen LogP contribution in [0.3, 0.4) is 0 Å². The van der Waals surface area contributed by atoms with E-state index >= 15 is 0 Å². The summed E-state index contributed by atoms with van der Waals surface area (Å²) >= 11 is 0. The lowest BCUT2D eigenvalue weighted by molar-refractivity contribution is 0.412. The summed E-state index contributed by atoms with van der Waals surface area (Å²) < 4.78 is 1.11. The first-order valence-corrected chi connectivity index (χ1v) is 8.66. The second kappa shape index (κ2) is 7.84. The van der Waals surface area contributed by atoms with E-state index in [0.29, 0.717) is 16.8 Å². The Bertz CT molecular complexity index is 1160. The van der Waals surface area contributed by atoms with Crippen molar-refractivity contribution in [2.75, 3.05) is 0 Å². The number of nitriles is 1. The predicted octanol–water partition coefficient (Wildman–Crippen LogP) is 4.21. The smallest absolute Gasteiger partial charge is 0.281 e. The van der Waals surface area contributed by atoms with Crippen LogP contribution >= 0.6 is 0 Å². The van der Waals surface area contributed by atoms with E-state index in [2.05, 4.69) is 15.2 Å². The molecule has 0 spiro atoms. The van der Waals surface area contributed by atoms with Crippen molar-refractivity contribution in [1.29, 1.82) is 5.26 Å². The normalized spacial score (nSPS) is 10.9. The van der Waals surface area contributed by atoms with Crippen molar-refractivity contribution < 1.29 is 5.11 Å². The molecule has 140 valence electrons. The van der Waals surface area contributed by atoms with Gasteiger partial charge in [-0.05, 0) is 44.0 Å². The summed E-state index contributed by atoms with van der Waals surface area (Å²) in [5.41, 5.74) is 3.17. The molecule has 1 N–H and O–H groups in total. The van der Waals surface area contributed by atoms with Crippen LogP contribution in [0, 0.1) is 32.1 Å². The molecule has 28 heavy (non-hydrogen) atoms. The van der Waals surface area contributed by atoms with Crippen molar-refractivity contribution in [1.82, 2.24) is 9.55 Å². The van der Waals surface area contributed by atoms with Gasteiger partial charge in [-0.25, -0.2) is 0 Å². The zero-order valence-corrected chi connectivity index (χ0v) is 15.8. The first-order chi connectivity index (χ1) is 13.4. The SMILES string of the molecule is Cc1ccc(N=Nc2c(C)c(C#N)c(O)n(Cc3cccnc3)c2=O)c(C)c1. The zero-order valence-electron chi connectivity index (χ0n) is 15.8. The Morgan fingerprint density at radius 3 is 2.64 bits per heavy atom. The molecule has 0 bridgehead atoms. The largest absolute Gasteiger partial charge is 0.493 e. The van der Waals surface area contributed by atoms with Crippen molar-refractivity contribution in [3.05, 3.63) is 80.9 Å². The van der Waals surface area contributed by atoms with Gasteiger partial charge in [0.1, 0.15) is 11.6 Å². The van der Waals surface area contributed by atoms with Crippen molar-refractivity contribution in [3.63, 3.8) is 0 Å². The fourth-order valence-electron chi connectivity index (χ4n) is 2.90. The van der Waals surface area contributed by atoms with Gasteiger partial charge < -0.3 is 5.11 Å². The van der Waals surface area contributed by atoms with Gasteiger partial charge in [-0.15, -0.1) is 5.11 Å². The van der Waals surface area contributed by atoms with Gasteiger partial charge in [-0.2, -0.15) is 10.4 Å². The van der Waals surface area contributed by atoms with Gasteiger partial charge in [-0.1, -0.05) is 23.8 Å². The molecule has 0 saturated carbocycles. The Balaban J connectivity index is 2.13. The van der Waals surface area contributed by atoms with Gasteiger partial charge in [0.2, 0.25) is 5.88 Å². The van der Waals surface area contributed by atoms with Crippen LogP contribution in [0.25, 0.3) is 0 Å². The highest BCUT2D eigenvalue weighted by Crippen LogP contribution is 2.28. The maximum atomic E-state index is 13.0. The molecule has 0 atom stereocenters. The minimum atomic E-state index is -0.522. The Hall–Kier alpha value is -3.79. The van der Waals surface area contributed by atoms with Crippen LogP contribution in [0.1, 0.15) is 27.8 Å². The average molecular weight is 373 g/mol. The van der Waals surface area contributed by atoms with Crippen molar-refractivity contribution in [2.24, 2.45) is 10.2 Å². The van der Waals surface area contributed by atoms with E-state index in [9.17, 15) is 15.2 Å². The van der Waals surface area contributed by atoms with Crippen LogP contribution in [-0.2, 0) is 6.54 Å². The highest BCUT2D eigenvalue weighted by Gasteiger charge is 2.19. The molecule has 7 nitrogen and oxygen atoms in total. The Morgan fingerprint density at radius 2 is 2.00 bits per heavy atom. The fraction of sp³-hybridized carbons (Fsp3) is 0.190. The first kappa shape index (κ1) is 19.0. The van der Waals surface area contributed by atoms with Gasteiger partial charge in [0.25, 0.3) is 5.56 Å². The highest BCUT2D eigenvalue weighted by atomic mass is 16.3. The van der Waals surface area contributed by atoms with Gasteiger partial charge in [0.15, 0.2) is 5.69 Å². The van der Waals surface area contributed by atoms with E-state index in [1.54, 1.807) is 31.5 Å². The van der Waals surface area contributed by atoms with Crippen molar-refractivity contribution in [2.45, 2.75) is 27.3 Å². The van der Waals surface area contributed by atoms with E-state index in [-0.39, 0.29) is 23.7 Å². The molecule has 7 heteroatoms. The van der Waals surface area contributed by atoms with Crippen LogP contribution in [0.15, 0.2) is 57.7 Å². The third-order valence-corrected chi connectivity index (χ3v) is 4.44. The van der Waals surface area contributed by atoms with Crippen LogP contribution in [0.2, 0.25) is 0 Å². The minimum Gasteiger partial charge on any atom is -0.493 e. The summed E-state index contributed by atoms with van der Waals surface area (Å²) in [6.07, 6.45) is 3.21. The second-order valence-electron chi connectivity index (χ2n) is 6.53. The third kappa shape index (κ3) is 3.67. The molecule has 2 heterocycles. The molecular weight excluding hydrogens is 354 g/mol. The third-order valence-electron chi connectivity index (χ3n) is 4.44. The van der Waals surface area contributed by atoms with E-state index in [1.807, 2.05) is 38.1 Å². The number of nitrogens with zero attached hydrogens (tertiary/aromatic N) is 5. The minimum absolute atomic E-state index is 0.00179. The lowest BCUT2D eigenvalue weighted by atomic mass is 10.1. The molecule has 0 saturated heterocycles. The van der Waals surface area contributed by atoms with E-state index < -0.39 is 5.56 Å². The summed E-state index contributed by atoms with van der Waals surface area (Å²) in [4.78, 5) is 17.0. The van der Waals surface area contributed by atoms with Gasteiger partial charge in [0, 0.05) is 18.0 Å². The van der Waals surface area contributed by atoms with Crippen LogP contribution in [-0.4, -0.2) is 14.7 Å². The molecule has 0 unspecified atom stereocenters. The first-order valence-electron chi connectivity index (χ1n) is 8.66. The Morgan fingerprint density at radius 1 is 1.21 bits per heavy atom. The van der Waals surface area contributed by atoms with E-state index in [0.717, 1.165) is 15.7 Å². The molecule has 0 aliphatic heterocycles. The van der Waals surface area contributed by atoms with Gasteiger partial charge in [0.05, 0.1) is 12.2 Å². The molecule has 0 aliphatic rings. The molecule has 2 aromatic heterocycles. The van der Waals surface area contributed by atoms with E-state index in [4.69, 9.17) is 0 Å². The number of aromatic hydroxyl groups is 1. The maximum absolute atomic E-state index is 13.0. The zero-order chi connectivity index (χ0) is 20.3. The van der Waals surface area contributed by atoms with Crippen LogP contribution in [0.4, 0.5) is 11.4 Å². The number of pyridine rings is 2. The highest BCUT2D eigenvalue weighted by molar-refractivity contribution is 5.57. The number of aryl methyl sites for hydroxylation is 2. The van der Waals surface area contributed by atoms with Gasteiger partial charge in [-0.3, -0.25) is 14.3 Å². The lowest BCUT2D eigenvalue weighted by Crippen LogP contribution is -2.22. The molecule has 0 radical (unpaired) electrons. The van der Waals surface area contributed by atoms with Crippen molar-refractivity contribution in [3.8, 4) is 11.9 Å². The van der Waals surface area contributed by atoms with E-state index in [1.165, 1.54) is 0 Å². The Kier molecular flexibility index (Phi) is 5.32. The summed E-state index contributed by atoms with van der Waals surface area (Å²) in [5, 5.41) is 28.2. The lowest BCUT2D eigenvalue weighted by Gasteiger charge is -2.13. The standard InChI is InChI=1S/C21H19N5O2/c1-13-6-7-18(14(2)9-13)24-25-19-15(3)17(10-22)20(27)26(21(19)28)12-16-5-4-8-23-11-16/h4-9,11,27H,12H2,1-3H3. The van der Waals surface area contributed by atoms with Crippen LogP contribution < -0.4 is 5.56 Å².